The topological polar surface area (TPSA) is 66.8 Å². The minimum absolute atomic E-state index is 0.254. The summed E-state index contributed by atoms with van der Waals surface area (Å²) in [5.41, 5.74) is 2.17. The minimum Gasteiger partial charge on any atom is -0.342 e. The Morgan fingerprint density at radius 1 is 1.50 bits per heavy atom. The van der Waals surface area contributed by atoms with Crippen LogP contribution in [0.1, 0.15) is 43.0 Å². The lowest BCUT2D eigenvalue weighted by Gasteiger charge is -2.32. The van der Waals surface area contributed by atoms with E-state index in [-0.39, 0.29) is 5.91 Å². The summed E-state index contributed by atoms with van der Waals surface area (Å²) in [6.45, 7) is 4.48. The van der Waals surface area contributed by atoms with Gasteiger partial charge in [-0.05, 0) is 38.3 Å². The van der Waals surface area contributed by atoms with Crippen molar-refractivity contribution in [2.24, 2.45) is 0 Å². The molecule has 0 unspecified atom stereocenters. The number of nitrogens with one attached hydrogen (secondary N) is 1. The number of carbonyl (C=O) groups excluding carboxylic acids is 1. The number of nitrogens with zero attached hydrogens (tertiary/aromatic N) is 4. The second kappa shape index (κ2) is 6.77. The van der Waals surface area contributed by atoms with Gasteiger partial charge in [-0.2, -0.15) is 10.2 Å². The van der Waals surface area contributed by atoms with E-state index < -0.39 is 0 Å². The molecule has 2 aromatic heterocycles. The van der Waals surface area contributed by atoms with E-state index in [1.54, 1.807) is 6.20 Å². The van der Waals surface area contributed by atoms with E-state index in [4.69, 9.17) is 0 Å². The summed E-state index contributed by atoms with van der Waals surface area (Å²) in [7, 11) is 0. The highest BCUT2D eigenvalue weighted by atomic mass is 16.2. The second-order valence-electron chi connectivity index (χ2n) is 6.03. The fourth-order valence-corrected chi connectivity index (χ4v) is 3.08. The molecular weight excluding hydrogens is 278 g/mol. The van der Waals surface area contributed by atoms with Crippen LogP contribution in [-0.4, -0.2) is 43.9 Å². The molecule has 1 aliphatic rings. The van der Waals surface area contributed by atoms with Crippen molar-refractivity contribution in [3.63, 3.8) is 0 Å². The third-order valence-electron chi connectivity index (χ3n) is 4.26. The van der Waals surface area contributed by atoms with Crippen molar-refractivity contribution in [2.75, 3.05) is 13.1 Å². The number of aryl methyl sites for hydroxylation is 2. The second-order valence-corrected chi connectivity index (χ2v) is 6.03. The van der Waals surface area contributed by atoms with Gasteiger partial charge >= 0.3 is 0 Å². The maximum atomic E-state index is 12.4. The van der Waals surface area contributed by atoms with Crippen LogP contribution < -0.4 is 0 Å². The van der Waals surface area contributed by atoms with Gasteiger partial charge in [0, 0.05) is 50.1 Å². The molecular formula is C16H23N5O. The molecule has 1 saturated heterocycles. The largest absolute Gasteiger partial charge is 0.342 e. The van der Waals surface area contributed by atoms with Crippen LogP contribution in [0.5, 0.6) is 0 Å². The molecule has 1 N–H and O–H groups in total. The molecule has 1 fully saturated rings. The summed E-state index contributed by atoms with van der Waals surface area (Å²) in [4.78, 5) is 14.4. The predicted molar refractivity (Wildman–Crippen MR) is 83.3 cm³/mol. The molecule has 1 amide bonds. The number of hydrogen-bond acceptors (Lipinski definition) is 3. The minimum atomic E-state index is 0.254. The first-order valence-electron chi connectivity index (χ1n) is 7.99. The first-order chi connectivity index (χ1) is 10.7. The SMILES string of the molecule is Cc1cc([C@@H]2CCCN(C(=O)CCCn3cccn3)C2)n[nH]1. The molecule has 118 valence electrons. The highest BCUT2D eigenvalue weighted by Gasteiger charge is 2.25. The average Bonchev–Trinajstić information content (AvgIpc) is 3.19. The van der Waals surface area contributed by atoms with Crippen molar-refractivity contribution in [3.05, 3.63) is 35.9 Å². The number of aromatic amines is 1. The number of rotatable bonds is 5. The zero-order valence-electron chi connectivity index (χ0n) is 13.0. The molecule has 22 heavy (non-hydrogen) atoms. The van der Waals surface area contributed by atoms with E-state index in [1.807, 2.05) is 28.8 Å². The van der Waals surface area contributed by atoms with Crippen molar-refractivity contribution in [1.29, 1.82) is 0 Å². The Morgan fingerprint density at radius 3 is 3.14 bits per heavy atom. The van der Waals surface area contributed by atoms with E-state index in [1.165, 1.54) is 0 Å². The van der Waals surface area contributed by atoms with Crippen molar-refractivity contribution >= 4 is 5.91 Å². The van der Waals surface area contributed by atoms with Crippen LogP contribution in [0.15, 0.2) is 24.5 Å². The lowest BCUT2D eigenvalue weighted by molar-refractivity contribution is -0.132. The Morgan fingerprint density at radius 2 is 2.41 bits per heavy atom. The molecule has 3 heterocycles. The van der Waals surface area contributed by atoms with Gasteiger partial charge in [-0.1, -0.05) is 0 Å². The van der Waals surface area contributed by atoms with Crippen LogP contribution in [-0.2, 0) is 11.3 Å². The maximum absolute atomic E-state index is 12.4. The highest BCUT2D eigenvalue weighted by Crippen LogP contribution is 2.26. The third-order valence-corrected chi connectivity index (χ3v) is 4.26. The Balaban J connectivity index is 1.49. The predicted octanol–water partition coefficient (Wildman–Crippen LogP) is 2.10. The van der Waals surface area contributed by atoms with Gasteiger partial charge in [-0.15, -0.1) is 0 Å². The Bertz CT molecular complexity index is 604. The van der Waals surface area contributed by atoms with Crippen LogP contribution in [0.2, 0.25) is 0 Å². The third kappa shape index (κ3) is 3.55. The van der Waals surface area contributed by atoms with Crippen LogP contribution in [0.25, 0.3) is 0 Å². The quantitative estimate of drug-likeness (QED) is 0.919. The van der Waals surface area contributed by atoms with E-state index >= 15 is 0 Å². The lowest BCUT2D eigenvalue weighted by Crippen LogP contribution is -2.39. The molecule has 0 spiro atoms. The number of carbonyl (C=O) groups is 1. The summed E-state index contributed by atoms with van der Waals surface area (Å²) >= 11 is 0. The summed E-state index contributed by atoms with van der Waals surface area (Å²) in [6, 6.07) is 4.00. The number of amides is 1. The monoisotopic (exact) mass is 301 g/mol. The van der Waals surface area contributed by atoms with E-state index in [2.05, 4.69) is 21.4 Å². The van der Waals surface area contributed by atoms with Crippen molar-refractivity contribution in [2.45, 2.75) is 45.1 Å². The van der Waals surface area contributed by atoms with Gasteiger partial charge in [-0.25, -0.2) is 0 Å². The van der Waals surface area contributed by atoms with Gasteiger partial charge in [0.2, 0.25) is 5.91 Å². The molecule has 0 aromatic carbocycles. The molecule has 0 saturated carbocycles. The first-order valence-corrected chi connectivity index (χ1v) is 7.99. The van der Waals surface area contributed by atoms with Gasteiger partial charge in [0.1, 0.15) is 0 Å². The number of likely N-dealkylation sites (tertiary alicyclic amines) is 1. The molecule has 0 bridgehead atoms. The van der Waals surface area contributed by atoms with E-state index in [0.29, 0.717) is 12.3 Å². The standard InChI is InChI=1S/C16H23N5O/c1-13-11-15(19-18-13)14-5-2-8-20(12-14)16(22)6-3-9-21-10-4-7-17-21/h4,7,10-11,14H,2-3,5-6,8-9,12H2,1H3,(H,18,19)/t14-/m1/s1. The zero-order chi connectivity index (χ0) is 15.4. The van der Waals surface area contributed by atoms with Gasteiger partial charge < -0.3 is 4.90 Å². The molecule has 6 heteroatoms. The summed E-state index contributed by atoms with van der Waals surface area (Å²) in [5, 5.41) is 11.5. The molecule has 6 nitrogen and oxygen atoms in total. The normalized spacial score (nSPS) is 18.6. The van der Waals surface area contributed by atoms with Crippen molar-refractivity contribution in [1.82, 2.24) is 24.9 Å². The van der Waals surface area contributed by atoms with Crippen LogP contribution >= 0.6 is 0 Å². The fourth-order valence-electron chi connectivity index (χ4n) is 3.08. The van der Waals surface area contributed by atoms with Crippen LogP contribution in [0, 0.1) is 6.92 Å². The summed E-state index contributed by atoms with van der Waals surface area (Å²) < 4.78 is 1.87. The zero-order valence-corrected chi connectivity index (χ0v) is 13.0. The fraction of sp³-hybridized carbons (Fsp3) is 0.562. The molecule has 0 radical (unpaired) electrons. The number of aromatic nitrogens is 4. The molecule has 3 rings (SSSR count). The first kappa shape index (κ1) is 14.8. The van der Waals surface area contributed by atoms with E-state index in [9.17, 15) is 4.79 Å². The Labute approximate surface area is 130 Å². The van der Waals surface area contributed by atoms with Crippen molar-refractivity contribution < 1.29 is 4.79 Å². The van der Waals surface area contributed by atoms with Crippen LogP contribution in [0.3, 0.4) is 0 Å². The smallest absolute Gasteiger partial charge is 0.222 e. The lowest BCUT2D eigenvalue weighted by atomic mass is 9.94. The molecule has 1 atom stereocenters. The van der Waals surface area contributed by atoms with E-state index in [0.717, 1.165) is 50.3 Å². The molecule has 1 aliphatic heterocycles. The Kier molecular flexibility index (Phi) is 4.56. The Hall–Kier alpha value is -2.11. The maximum Gasteiger partial charge on any atom is 0.222 e. The average molecular weight is 301 g/mol. The van der Waals surface area contributed by atoms with Crippen molar-refractivity contribution in [3.8, 4) is 0 Å². The molecule has 2 aromatic rings. The summed E-state index contributed by atoms with van der Waals surface area (Å²) in [5.74, 6) is 0.623. The van der Waals surface area contributed by atoms with Gasteiger partial charge in [-0.3, -0.25) is 14.6 Å². The number of H-pyrrole nitrogens is 1. The molecule has 0 aliphatic carbocycles. The van der Waals surface area contributed by atoms with Gasteiger partial charge in [0.25, 0.3) is 0 Å². The number of hydrogen-bond donors (Lipinski definition) is 1. The van der Waals surface area contributed by atoms with Gasteiger partial charge in [0.05, 0.1) is 5.69 Å². The highest BCUT2D eigenvalue weighted by molar-refractivity contribution is 5.76. The van der Waals surface area contributed by atoms with Gasteiger partial charge in [0.15, 0.2) is 0 Å². The summed E-state index contributed by atoms with van der Waals surface area (Å²) in [6.07, 6.45) is 7.29. The number of piperidine rings is 1. The van der Waals surface area contributed by atoms with Crippen LogP contribution in [0.4, 0.5) is 0 Å².